The molecule has 1 atom stereocenters. The number of carboxylic acids is 1. The predicted octanol–water partition coefficient (Wildman–Crippen LogP) is 3.19. The highest BCUT2D eigenvalue weighted by atomic mass is 16.4. The van der Waals surface area contributed by atoms with Crippen LogP contribution < -0.4 is 5.32 Å². The molecule has 1 fully saturated rings. The van der Waals surface area contributed by atoms with Gasteiger partial charge >= 0.3 is 5.97 Å². The molecule has 1 unspecified atom stereocenters. The lowest BCUT2D eigenvalue weighted by atomic mass is 9.86. The van der Waals surface area contributed by atoms with Crippen LogP contribution in [0.2, 0.25) is 0 Å². The van der Waals surface area contributed by atoms with E-state index in [1.165, 1.54) is 25.7 Å². The van der Waals surface area contributed by atoms with Crippen LogP contribution >= 0.6 is 0 Å². The van der Waals surface area contributed by atoms with Gasteiger partial charge in [0, 0.05) is 12.1 Å². The molecule has 0 amide bonds. The summed E-state index contributed by atoms with van der Waals surface area (Å²) in [6.45, 7) is 4.48. The minimum atomic E-state index is -0.612. The lowest BCUT2D eigenvalue weighted by Gasteiger charge is -2.29. The largest absolute Gasteiger partial charge is 0.481 e. The van der Waals surface area contributed by atoms with E-state index in [0.717, 1.165) is 25.7 Å². The summed E-state index contributed by atoms with van der Waals surface area (Å²) < 4.78 is 0. The first kappa shape index (κ1) is 14.5. The number of aliphatic carboxylic acids is 1. The van der Waals surface area contributed by atoms with Gasteiger partial charge < -0.3 is 10.4 Å². The molecular formula is C14H27NO2. The summed E-state index contributed by atoms with van der Waals surface area (Å²) in [6.07, 6.45) is 8.86. The maximum Gasteiger partial charge on any atom is 0.306 e. The zero-order valence-electron chi connectivity index (χ0n) is 11.2. The molecule has 0 aliphatic heterocycles. The molecule has 1 aliphatic carbocycles. The van der Waals surface area contributed by atoms with Gasteiger partial charge in [0.05, 0.1) is 5.92 Å². The van der Waals surface area contributed by atoms with Crippen LogP contribution in [0, 0.1) is 5.92 Å². The number of hydrogen-bond acceptors (Lipinski definition) is 2. The zero-order chi connectivity index (χ0) is 12.7. The minimum Gasteiger partial charge on any atom is -0.481 e. The fraction of sp³-hybridized carbons (Fsp3) is 0.929. The number of unbranched alkanes of at least 4 members (excludes halogenated alkanes) is 2. The van der Waals surface area contributed by atoms with Gasteiger partial charge in [-0.05, 0) is 39.0 Å². The van der Waals surface area contributed by atoms with E-state index in [9.17, 15) is 4.79 Å². The molecule has 17 heavy (non-hydrogen) atoms. The molecule has 0 aromatic heterocycles. The highest BCUT2D eigenvalue weighted by Gasteiger charge is 2.26. The molecule has 1 aliphatic rings. The van der Waals surface area contributed by atoms with E-state index in [1.807, 2.05) is 0 Å². The van der Waals surface area contributed by atoms with Crippen molar-refractivity contribution in [3.8, 4) is 0 Å². The number of carboxylic acid groups (broad SMARTS) is 1. The van der Waals surface area contributed by atoms with E-state index in [-0.39, 0.29) is 5.92 Å². The molecule has 100 valence electrons. The number of hydrogen-bond donors (Lipinski definition) is 2. The summed E-state index contributed by atoms with van der Waals surface area (Å²) in [4.78, 5) is 10.8. The van der Waals surface area contributed by atoms with Crippen molar-refractivity contribution in [2.75, 3.05) is 0 Å². The second kappa shape index (κ2) is 7.70. The fourth-order valence-corrected chi connectivity index (χ4v) is 2.69. The maximum atomic E-state index is 10.8. The van der Waals surface area contributed by atoms with Gasteiger partial charge in [-0.2, -0.15) is 0 Å². The van der Waals surface area contributed by atoms with Crippen molar-refractivity contribution in [3.63, 3.8) is 0 Å². The first-order valence-electron chi connectivity index (χ1n) is 7.12. The third-order valence-electron chi connectivity index (χ3n) is 3.84. The van der Waals surface area contributed by atoms with Crippen molar-refractivity contribution in [2.45, 2.75) is 77.3 Å². The van der Waals surface area contributed by atoms with E-state index in [1.54, 1.807) is 0 Å². The normalized spacial score (nSPS) is 26.7. The first-order valence-corrected chi connectivity index (χ1v) is 7.12. The summed E-state index contributed by atoms with van der Waals surface area (Å²) in [7, 11) is 0. The molecule has 1 saturated carbocycles. The Morgan fingerprint density at radius 2 is 1.94 bits per heavy atom. The number of rotatable bonds is 7. The van der Waals surface area contributed by atoms with Gasteiger partial charge in [-0.25, -0.2) is 0 Å². The Hall–Kier alpha value is -0.570. The highest BCUT2D eigenvalue weighted by molar-refractivity contribution is 5.70. The molecule has 0 saturated heterocycles. The first-order chi connectivity index (χ1) is 8.13. The van der Waals surface area contributed by atoms with Crippen LogP contribution in [0.3, 0.4) is 0 Å². The number of carbonyl (C=O) groups is 1. The molecule has 0 spiro atoms. The smallest absolute Gasteiger partial charge is 0.306 e. The summed E-state index contributed by atoms with van der Waals surface area (Å²) in [6, 6.07) is 1.12. The van der Waals surface area contributed by atoms with Crippen LogP contribution in [0.5, 0.6) is 0 Å². The van der Waals surface area contributed by atoms with Crippen molar-refractivity contribution in [3.05, 3.63) is 0 Å². The predicted molar refractivity (Wildman–Crippen MR) is 70.1 cm³/mol. The zero-order valence-corrected chi connectivity index (χ0v) is 11.2. The fourth-order valence-electron chi connectivity index (χ4n) is 2.69. The van der Waals surface area contributed by atoms with Crippen LogP contribution in [-0.2, 0) is 4.79 Å². The van der Waals surface area contributed by atoms with Crippen molar-refractivity contribution >= 4 is 5.97 Å². The molecule has 0 heterocycles. The molecule has 0 aromatic rings. The Balaban J connectivity index is 2.14. The van der Waals surface area contributed by atoms with Crippen molar-refractivity contribution in [2.24, 2.45) is 5.92 Å². The van der Waals surface area contributed by atoms with Gasteiger partial charge in [0.15, 0.2) is 0 Å². The monoisotopic (exact) mass is 241 g/mol. The summed E-state index contributed by atoms with van der Waals surface area (Å²) in [5.41, 5.74) is 0. The Morgan fingerprint density at radius 1 is 1.29 bits per heavy atom. The molecule has 2 N–H and O–H groups in total. The third kappa shape index (κ3) is 5.53. The van der Waals surface area contributed by atoms with Crippen molar-refractivity contribution in [1.29, 1.82) is 0 Å². The molecule has 3 heteroatoms. The SMILES string of the molecule is CCCCCC(C)NC1CCC(C(=O)O)CC1. The Morgan fingerprint density at radius 3 is 2.47 bits per heavy atom. The summed E-state index contributed by atoms with van der Waals surface area (Å²) in [5, 5.41) is 12.6. The van der Waals surface area contributed by atoms with E-state index in [2.05, 4.69) is 19.2 Å². The van der Waals surface area contributed by atoms with Gasteiger partial charge in [-0.1, -0.05) is 26.2 Å². The Labute approximate surface area is 105 Å². The average Bonchev–Trinajstić information content (AvgIpc) is 2.30. The molecule has 0 aromatic carbocycles. The van der Waals surface area contributed by atoms with Crippen LogP contribution in [0.25, 0.3) is 0 Å². The van der Waals surface area contributed by atoms with Crippen molar-refractivity contribution < 1.29 is 9.90 Å². The third-order valence-corrected chi connectivity index (χ3v) is 3.84. The van der Waals surface area contributed by atoms with Crippen LogP contribution in [-0.4, -0.2) is 23.2 Å². The molecule has 3 nitrogen and oxygen atoms in total. The average molecular weight is 241 g/mol. The van der Waals surface area contributed by atoms with Crippen LogP contribution in [0.1, 0.15) is 65.2 Å². The van der Waals surface area contributed by atoms with E-state index >= 15 is 0 Å². The van der Waals surface area contributed by atoms with Crippen LogP contribution in [0.15, 0.2) is 0 Å². The van der Waals surface area contributed by atoms with Gasteiger partial charge in [-0.15, -0.1) is 0 Å². The van der Waals surface area contributed by atoms with Crippen molar-refractivity contribution in [1.82, 2.24) is 5.32 Å². The second-order valence-electron chi connectivity index (χ2n) is 5.45. The molecule has 0 radical (unpaired) electrons. The quantitative estimate of drug-likeness (QED) is 0.673. The van der Waals surface area contributed by atoms with E-state index in [4.69, 9.17) is 5.11 Å². The van der Waals surface area contributed by atoms with E-state index in [0.29, 0.717) is 12.1 Å². The lowest BCUT2D eigenvalue weighted by molar-refractivity contribution is -0.142. The summed E-state index contributed by atoms with van der Waals surface area (Å²) >= 11 is 0. The second-order valence-corrected chi connectivity index (χ2v) is 5.45. The lowest BCUT2D eigenvalue weighted by Crippen LogP contribution is -2.39. The van der Waals surface area contributed by atoms with E-state index < -0.39 is 5.97 Å². The van der Waals surface area contributed by atoms with Crippen LogP contribution in [0.4, 0.5) is 0 Å². The Bertz CT molecular complexity index is 222. The number of nitrogens with one attached hydrogen (secondary N) is 1. The highest BCUT2D eigenvalue weighted by Crippen LogP contribution is 2.24. The van der Waals surface area contributed by atoms with Gasteiger partial charge in [0.25, 0.3) is 0 Å². The van der Waals surface area contributed by atoms with Gasteiger partial charge in [0.1, 0.15) is 0 Å². The molecule has 1 rings (SSSR count). The standard InChI is InChI=1S/C14H27NO2/c1-3-4-5-6-11(2)15-13-9-7-12(8-10-13)14(16)17/h11-13,15H,3-10H2,1-2H3,(H,16,17). The van der Waals surface area contributed by atoms with Gasteiger partial charge in [-0.3, -0.25) is 4.79 Å². The summed E-state index contributed by atoms with van der Waals surface area (Å²) in [5.74, 6) is -0.706. The molecular weight excluding hydrogens is 214 g/mol. The molecule has 0 bridgehead atoms. The Kier molecular flexibility index (Phi) is 6.56. The van der Waals surface area contributed by atoms with Gasteiger partial charge in [0.2, 0.25) is 0 Å². The minimum absolute atomic E-state index is 0.0940. The topological polar surface area (TPSA) is 49.3 Å². The maximum absolute atomic E-state index is 10.8.